The lowest BCUT2D eigenvalue weighted by atomic mass is 10.3. The van der Waals surface area contributed by atoms with Crippen molar-refractivity contribution in [3.05, 3.63) is 31.3 Å². The molecule has 9 heavy (non-hydrogen) atoms. The Morgan fingerprint density at radius 1 is 1.44 bits per heavy atom. The first-order valence-electron chi connectivity index (χ1n) is 2.58. The molecule has 0 aromatic heterocycles. The fourth-order valence-electron chi connectivity index (χ4n) is 0.596. The van der Waals surface area contributed by atoms with Crippen LogP contribution >= 0.6 is 0 Å². The topological polar surface area (TPSA) is 32.3 Å². The molecule has 0 aliphatic heterocycles. The van der Waals surface area contributed by atoms with Crippen LogP contribution in [0.1, 0.15) is 0 Å². The van der Waals surface area contributed by atoms with E-state index in [0.717, 1.165) is 0 Å². The molecule has 0 atom stereocenters. The van der Waals surface area contributed by atoms with Gasteiger partial charge < -0.3 is 10.4 Å². The summed E-state index contributed by atoms with van der Waals surface area (Å²) in [5.74, 6) is 0.213. The van der Waals surface area contributed by atoms with Gasteiger partial charge in [0.15, 0.2) is 0 Å². The Labute approximate surface area is 54.1 Å². The van der Waals surface area contributed by atoms with Crippen LogP contribution in [-0.4, -0.2) is 5.11 Å². The molecule has 2 N–H and O–H groups in total. The van der Waals surface area contributed by atoms with E-state index < -0.39 is 0 Å². The van der Waals surface area contributed by atoms with Crippen LogP contribution in [0.4, 0.5) is 5.69 Å². The van der Waals surface area contributed by atoms with Gasteiger partial charge in [-0.05, 0) is 12.1 Å². The molecule has 46 valence electrons. The average molecular weight is 121 g/mol. The minimum atomic E-state index is 0.213. The number of rotatable bonds is 1. The highest BCUT2D eigenvalue weighted by Gasteiger charge is 1.87. The van der Waals surface area contributed by atoms with Gasteiger partial charge in [0.25, 0.3) is 0 Å². The normalized spacial score (nSPS) is 9.00. The van der Waals surface area contributed by atoms with Crippen molar-refractivity contribution in [2.24, 2.45) is 0 Å². The number of phenols is 1. The Bertz CT molecular complexity index is 198. The number of aromatic hydroxyl groups is 1. The Balaban J connectivity index is 2.94. The number of nitrogens with one attached hydrogen (secondary N) is 1. The molecule has 0 unspecified atom stereocenters. The smallest absolute Gasteiger partial charge is 0.117 e. The molecule has 0 spiro atoms. The van der Waals surface area contributed by atoms with E-state index in [2.05, 4.69) is 5.32 Å². The van der Waals surface area contributed by atoms with Gasteiger partial charge in [-0.1, -0.05) is 6.07 Å². The van der Waals surface area contributed by atoms with Gasteiger partial charge in [0.05, 0.1) is 7.05 Å². The predicted molar refractivity (Wildman–Crippen MR) is 36.0 cm³/mol. The summed E-state index contributed by atoms with van der Waals surface area (Å²) in [4.78, 5) is 0. The zero-order chi connectivity index (χ0) is 6.69. The highest BCUT2D eigenvalue weighted by atomic mass is 16.3. The standard InChI is InChI=1S/C7H7NO/c1-8-6-3-2-4-7(9)5-6/h1-5,8-9H. The van der Waals surface area contributed by atoms with E-state index in [0.29, 0.717) is 5.69 Å². The Morgan fingerprint density at radius 3 is 2.67 bits per heavy atom. The Morgan fingerprint density at radius 2 is 2.22 bits per heavy atom. The van der Waals surface area contributed by atoms with Gasteiger partial charge in [0.1, 0.15) is 5.75 Å². The zero-order valence-corrected chi connectivity index (χ0v) is 4.83. The largest absolute Gasteiger partial charge is 0.508 e. The lowest BCUT2D eigenvalue weighted by Gasteiger charge is -1.96. The van der Waals surface area contributed by atoms with Gasteiger partial charge in [-0.15, -0.1) is 0 Å². The fourth-order valence-corrected chi connectivity index (χ4v) is 0.596. The summed E-state index contributed by atoms with van der Waals surface area (Å²) in [6, 6.07) is 6.60. The van der Waals surface area contributed by atoms with Gasteiger partial charge in [0.2, 0.25) is 0 Å². The van der Waals surface area contributed by atoms with E-state index in [-0.39, 0.29) is 5.75 Å². The average Bonchev–Trinajstić information content (AvgIpc) is 1.88. The SMILES string of the molecule is [CH]Nc1cccc(O)c1. The molecule has 0 saturated carbocycles. The maximum absolute atomic E-state index is 8.85. The molecule has 2 radical (unpaired) electrons. The first kappa shape index (κ1) is 5.95. The monoisotopic (exact) mass is 121 g/mol. The molecule has 0 aliphatic carbocycles. The van der Waals surface area contributed by atoms with Crippen LogP contribution in [-0.2, 0) is 0 Å². The van der Waals surface area contributed by atoms with E-state index in [1.807, 2.05) is 0 Å². The molecule has 0 bridgehead atoms. The maximum Gasteiger partial charge on any atom is 0.117 e. The number of anilines is 1. The molecule has 1 rings (SSSR count). The summed E-state index contributed by atoms with van der Waals surface area (Å²) in [6.45, 7) is 0. The van der Waals surface area contributed by atoms with Gasteiger partial charge >= 0.3 is 0 Å². The minimum Gasteiger partial charge on any atom is -0.508 e. The van der Waals surface area contributed by atoms with Crippen LogP contribution in [0.3, 0.4) is 0 Å². The van der Waals surface area contributed by atoms with Crippen molar-refractivity contribution in [1.29, 1.82) is 0 Å². The third kappa shape index (κ3) is 1.35. The third-order valence-electron chi connectivity index (χ3n) is 1.01. The van der Waals surface area contributed by atoms with Crippen molar-refractivity contribution >= 4 is 5.69 Å². The quantitative estimate of drug-likeness (QED) is 0.551. The van der Waals surface area contributed by atoms with Crippen molar-refractivity contribution < 1.29 is 5.11 Å². The van der Waals surface area contributed by atoms with Crippen LogP contribution in [0.15, 0.2) is 24.3 Å². The molecule has 0 heterocycles. The van der Waals surface area contributed by atoms with Gasteiger partial charge in [-0.3, -0.25) is 0 Å². The van der Waals surface area contributed by atoms with Crippen LogP contribution in [0, 0.1) is 7.05 Å². The lowest BCUT2D eigenvalue weighted by Crippen LogP contribution is -1.81. The second-order valence-corrected chi connectivity index (χ2v) is 1.69. The number of hydrogen-bond donors (Lipinski definition) is 2. The predicted octanol–water partition coefficient (Wildman–Crippen LogP) is 1.47. The summed E-state index contributed by atoms with van der Waals surface area (Å²) in [7, 11) is 5.06. The summed E-state index contributed by atoms with van der Waals surface area (Å²) in [6.07, 6.45) is 0. The summed E-state index contributed by atoms with van der Waals surface area (Å²) < 4.78 is 0. The zero-order valence-electron chi connectivity index (χ0n) is 4.83. The Kier molecular flexibility index (Phi) is 1.58. The lowest BCUT2D eigenvalue weighted by molar-refractivity contribution is 0.475. The summed E-state index contributed by atoms with van der Waals surface area (Å²) >= 11 is 0. The highest BCUT2D eigenvalue weighted by molar-refractivity contribution is 5.47. The summed E-state index contributed by atoms with van der Waals surface area (Å²) in [5, 5.41) is 11.3. The van der Waals surface area contributed by atoms with E-state index in [1.165, 1.54) is 0 Å². The van der Waals surface area contributed by atoms with E-state index >= 15 is 0 Å². The first-order chi connectivity index (χ1) is 4.33. The fraction of sp³-hybridized carbons (Fsp3) is 0. The van der Waals surface area contributed by atoms with Gasteiger partial charge in [-0.25, -0.2) is 0 Å². The molecule has 2 heteroatoms. The van der Waals surface area contributed by atoms with Crippen molar-refractivity contribution in [2.45, 2.75) is 0 Å². The maximum atomic E-state index is 8.85. The summed E-state index contributed by atoms with van der Waals surface area (Å²) in [5.41, 5.74) is 0.704. The van der Waals surface area contributed by atoms with Crippen LogP contribution in [0.5, 0.6) is 5.75 Å². The third-order valence-corrected chi connectivity index (χ3v) is 1.01. The molecule has 0 fully saturated rings. The molecule has 0 aliphatic rings. The Hall–Kier alpha value is -1.18. The van der Waals surface area contributed by atoms with E-state index in [9.17, 15) is 0 Å². The van der Waals surface area contributed by atoms with Gasteiger partial charge in [0, 0.05) is 11.8 Å². The molecular weight excluding hydrogens is 114 g/mol. The molecule has 1 aromatic rings. The molecule has 2 nitrogen and oxygen atoms in total. The van der Waals surface area contributed by atoms with Crippen molar-refractivity contribution in [2.75, 3.05) is 5.32 Å². The number of benzene rings is 1. The number of hydrogen-bond acceptors (Lipinski definition) is 2. The van der Waals surface area contributed by atoms with Crippen LogP contribution in [0.25, 0.3) is 0 Å². The van der Waals surface area contributed by atoms with E-state index in [4.69, 9.17) is 12.2 Å². The first-order valence-corrected chi connectivity index (χ1v) is 2.58. The highest BCUT2D eigenvalue weighted by Crippen LogP contribution is 2.14. The molecule has 0 amide bonds. The molecule has 1 aromatic carbocycles. The molecular formula is C7H7NO. The second kappa shape index (κ2) is 2.40. The number of phenolic OH excluding ortho intramolecular Hbond substituents is 1. The van der Waals surface area contributed by atoms with Crippen molar-refractivity contribution in [1.82, 2.24) is 0 Å². The minimum absolute atomic E-state index is 0.213. The van der Waals surface area contributed by atoms with Crippen molar-refractivity contribution in [3.63, 3.8) is 0 Å². The van der Waals surface area contributed by atoms with E-state index in [1.54, 1.807) is 24.3 Å². The van der Waals surface area contributed by atoms with Gasteiger partial charge in [-0.2, -0.15) is 0 Å². The van der Waals surface area contributed by atoms with Crippen molar-refractivity contribution in [3.8, 4) is 5.75 Å². The van der Waals surface area contributed by atoms with Crippen LogP contribution in [0.2, 0.25) is 0 Å². The molecule has 0 saturated heterocycles. The van der Waals surface area contributed by atoms with Crippen LogP contribution < -0.4 is 5.32 Å². The second-order valence-electron chi connectivity index (χ2n) is 1.69.